The van der Waals surface area contributed by atoms with Crippen LogP contribution in [0.2, 0.25) is 0 Å². The van der Waals surface area contributed by atoms with Gasteiger partial charge in [0.25, 0.3) is 0 Å². The number of likely N-dealkylation sites (N-methyl/N-ethyl adjacent to an activating group) is 1. The number of hydrogen-bond donors (Lipinski definition) is 1. The summed E-state index contributed by atoms with van der Waals surface area (Å²) in [4.78, 5) is 25.6. The van der Waals surface area contributed by atoms with Gasteiger partial charge in [-0.15, -0.1) is 0 Å². The Bertz CT molecular complexity index is 819. The first-order valence-electron chi connectivity index (χ1n) is 8.49. The van der Waals surface area contributed by atoms with Gasteiger partial charge >= 0.3 is 0 Å². The lowest BCUT2D eigenvalue weighted by Crippen LogP contribution is -2.30. The maximum absolute atomic E-state index is 12.2. The molecule has 136 valence electrons. The molecule has 3 rings (SSSR count). The summed E-state index contributed by atoms with van der Waals surface area (Å²) < 4.78 is 11.1. The molecule has 0 atom stereocenters. The third kappa shape index (κ3) is 4.61. The summed E-state index contributed by atoms with van der Waals surface area (Å²) in [5.41, 5.74) is 2.24. The molecule has 0 spiro atoms. The van der Waals surface area contributed by atoms with E-state index < -0.39 is 0 Å². The highest BCUT2D eigenvalue weighted by Gasteiger charge is 2.13. The molecule has 0 unspecified atom stereocenters. The molecule has 2 aromatic rings. The van der Waals surface area contributed by atoms with Gasteiger partial charge < -0.3 is 14.8 Å². The predicted molar refractivity (Wildman–Crippen MR) is 98.8 cm³/mol. The van der Waals surface area contributed by atoms with Crippen molar-refractivity contribution in [1.82, 2.24) is 4.90 Å². The largest absolute Gasteiger partial charge is 0.486 e. The van der Waals surface area contributed by atoms with Crippen molar-refractivity contribution in [3.05, 3.63) is 53.6 Å². The molecule has 1 heterocycles. The van der Waals surface area contributed by atoms with Gasteiger partial charge in [0, 0.05) is 17.8 Å². The predicted octanol–water partition coefficient (Wildman–Crippen LogP) is 2.73. The molecule has 1 aliphatic rings. The zero-order valence-electron chi connectivity index (χ0n) is 15.0. The van der Waals surface area contributed by atoms with Gasteiger partial charge in [-0.05, 0) is 43.8 Å². The zero-order valence-corrected chi connectivity index (χ0v) is 15.0. The molecule has 1 N–H and O–H groups in total. The fourth-order valence-electron chi connectivity index (χ4n) is 2.82. The van der Waals surface area contributed by atoms with Crippen molar-refractivity contribution in [2.45, 2.75) is 13.5 Å². The summed E-state index contributed by atoms with van der Waals surface area (Å²) in [5, 5.41) is 2.83. The van der Waals surface area contributed by atoms with Gasteiger partial charge in [0.2, 0.25) is 5.91 Å². The Morgan fingerprint density at radius 1 is 1.08 bits per heavy atom. The molecule has 1 amide bonds. The van der Waals surface area contributed by atoms with Crippen LogP contribution in [0.4, 0.5) is 5.69 Å². The highest BCUT2D eigenvalue weighted by atomic mass is 16.6. The van der Waals surface area contributed by atoms with E-state index in [4.69, 9.17) is 9.47 Å². The number of rotatable bonds is 6. The van der Waals surface area contributed by atoms with E-state index in [1.54, 1.807) is 24.3 Å². The zero-order chi connectivity index (χ0) is 18.5. The normalized spacial score (nSPS) is 12.7. The molecule has 2 aromatic carbocycles. The third-order valence-corrected chi connectivity index (χ3v) is 4.03. The lowest BCUT2D eigenvalue weighted by Gasteiger charge is -2.21. The molecule has 0 saturated heterocycles. The highest BCUT2D eigenvalue weighted by molar-refractivity contribution is 5.97. The van der Waals surface area contributed by atoms with E-state index in [-0.39, 0.29) is 18.2 Å². The number of Topliss-reactive ketones (excluding diaryl/α,β-unsaturated/α-hetero) is 1. The Balaban J connectivity index is 1.56. The van der Waals surface area contributed by atoms with Crippen molar-refractivity contribution in [1.29, 1.82) is 0 Å². The van der Waals surface area contributed by atoms with Gasteiger partial charge in [0.05, 0.1) is 6.54 Å². The Morgan fingerprint density at radius 3 is 2.62 bits per heavy atom. The van der Waals surface area contributed by atoms with Crippen LogP contribution in [0.1, 0.15) is 22.8 Å². The van der Waals surface area contributed by atoms with Gasteiger partial charge in [-0.2, -0.15) is 0 Å². The summed E-state index contributed by atoms with van der Waals surface area (Å²) >= 11 is 0. The molecule has 1 aliphatic heterocycles. The Kier molecular flexibility index (Phi) is 5.53. The fraction of sp³-hybridized carbons (Fsp3) is 0.300. The van der Waals surface area contributed by atoms with Gasteiger partial charge in [-0.1, -0.05) is 18.2 Å². The summed E-state index contributed by atoms with van der Waals surface area (Å²) in [6.07, 6.45) is 0. The van der Waals surface area contributed by atoms with E-state index in [2.05, 4.69) is 5.32 Å². The SMILES string of the molecule is CC(=O)c1cccc(NC(=O)CN(C)Cc2ccc3c(c2)OCCO3)c1. The van der Waals surface area contributed by atoms with E-state index in [0.29, 0.717) is 31.0 Å². The summed E-state index contributed by atoms with van der Waals surface area (Å²) in [7, 11) is 1.88. The molecule has 6 nitrogen and oxygen atoms in total. The Labute approximate surface area is 152 Å². The molecular weight excluding hydrogens is 332 g/mol. The number of ether oxygens (including phenoxy) is 2. The van der Waals surface area contributed by atoms with Crippen LogP contribution < -0.4 is 14.8 Å². The molecule has 0 fully saturated rings. The number of benzene rings is 2. The summed E-state index contributed by atoms with van der Waals surface area (Å²) in [6.45, 7) is 3.46. The smallest absolute Gasteiger partial charge is 0.238 e. The van der Waals surface area contributed by atoms with Gasteiger partial charge in [0.1, 0.15) is 13.2 Å². The van der Waals surface area contributed by atoms with E-state index >= 15 is 0 Å². The second kappa shape index (κ2) is 8.01. The van der Waals surface area contributed by atoms with Crippen LogP contribution in [0.15, 0.2) is 42.5 Å². The molecular formula is C20H22N2O4. The minimum absolute atomic E-state index is 0.0307. The highest BCUT2D eigenvalue weighted by Crippen LogP contribution is 2.31. The second-order valence-corrected chi connectivity index (χ2v) is 6.34. The quantitative estimate of drug-likeness (QED) is 0.808. The standard InChI is InChI=1S/C20H22N2O4/c1-14(23)16-4-3-5-17(11-16)21-20(24)13-22(2)12-15-6-7-18-19(10-15)26-9-8-25-18/h3-7,10-11H,8-9,12-13H2,1-2H3,(H,21,24). The minimum Gasteiger partial charge on any atom is -0.486 e. The van der Waals surface area contributed by atoms with Crippen molar-refractivity contribution in [2.24, 2.45) is 0 Å². The summed E-state index contributed by atoms with van der Waals surface area (Å²) in [6, 6.07) is 12.7. The first kappa shape index (κ1) is 17.9. The van der Waals surface area contributed by atoms with Gasteiger partial charge in [-0.3, -0.25) is 14.5 Å². The maximum atomic E-state index is 12.2. The molecule has 0 saturated carbocycles. The number of carbonyl (C=O) groups excluding carboxylic acids is 2. The monoisotopic (exact) mass is 354 g/mol. The lowest BCUT2D eigenvalue weighted by molar-refractivity contribution is -0.117. The Hall–Kier alpha value is -2.86. The van der Waals surface area contributed by atoms with Crippen LogP contribution in [0.25, 0.3) is 0 Å². The van der Waals surface area contributed by atoms with Gasteiger partial charge in [-0.25, -0.2) is 0 Å². The topological polar surface area (TPSA) is 67.9 Å². The van der Waals surface area contributed by atoms with Crippen molar-refractivity contribution < 1.29 is 19.1 Å². The maximum Gasteiger partial charge on any atom is 0.238 e. The van der Waals surface area contributed by atoms with Crippen LogP contribution in [0, 0.1) is 0 Å². The van der Waals surface area contributed by atoms with Crippen LogP contribution >= 0.6 is 0 Å². The number of hydrogen-bond acceptors (Lipinski definition) is 5. The minimum atomic E-state index is -0.134. The number of ketones is 1. The van der Waals surface area contributed by atoms with E-state index in [0.717, 1.165) is 17.1 Å². The van der Waals surface area contributed by atoms with Crippen LogP contribution in [-0.2, 0) is 11.3 Å². The molecule has 0 aliphatic carbocycles. The first-order chi connectivity index (χ1) is 12.5. The average Bonchev–Trinajstić information content (AvgIpc) is 2.61. The third-order valence-electron chi connectivity index (χ3n) is 4.03. The molecule has 6 heteroatoms. The number of nitrogens with zero attached hydrogens (tertiary/aromatic N) is 1. The van der Waals surface area contributed by atoms with Crippen LogP contribution in [-0.4, -0.2) is 43.4 Å². The lowest BCUT2D eigenvalue weighted by atomic mass is 10.1. The number of nitrogens with one attached hydrogen (secondary N) is 1. The van der Waals surface area contributed by atoms with E-state index in [1.165, 1.54) is 6.92 Å². The number of anilines is 1. The van der Waals surface area contributed by atoms with Crippen molar-refractivity contribution >= 4 is 17.4 Å². The first-order valence-corrected chi connectivity index (χ1v) is 8.49. The average molecular weight is 354 g/mol. The summed E-state index contributed by atoms with van der Waals surface area (Å²) in [5.74, 6) is 1.33. The van der Waals surface area contributed by atoms with E-state index in [9.17, 15) is 9.59 Å². The van der Waals surface area contributed by atoms with Gasteiger partial charge in [0.15, 0.2) is 17.3 Å². The second-order valence-electron chi connectivity index (χ2n) is 6.34. The van der Waals surface area contributed by atoms with Crippen molar-refractivity contribution in [3.8, 4) is 11.5 Å². The number of amides is 1. The molecule has 26 heavy (non-hydrogen) atoms. The fourth-order valence-corrected chi connectivity index (χ4v) is 2.82. The van der Waals surface area contributed by atoms with Crippen molar-refractivity contribution in [2.75, 3.05) is 32.1 Å². The number of carbonyl (C=O) groups is 2. The van der Waals surface area contributed by atoms with E-state index in [1.807, 2.05) is 30.1 Å². The molecule has 0 aromatic heterocycles. The molecule has 0 radical (unpaired) electrons. The van der Waals surface area contributed by atoms with Crippen LogP contribution in [0.3, 0.4) is 0 Å². The Morgan fingerprint density at radius 2 is 1.85 bits per heavy atom. The van der Waals surface area contributed by atoms with Crippen LogP contribution in [0.5, 0.6) is 11.5 Å². The molecule has 0 bridgehead atoms. The number of fused-ring (bicyclic) bond motifs is 1. The van der Waals surface area contributed by atoms with Crippen molar-refractivity contribution in [3.63, 3.8) is 0 Å².